The van der Waals surface area contributed by atoms with E-state index in [1.807, 2.05) is 6.34 Å². The topological polar surface area (TPSA) is 18.8 Å². The van der Waals surface area contributed by atoms with E-state index in [0.29, 0.717) is 0 Å². The first kappa shape index (κ1) is 9.52. The van der Waals surface area contributed by atoms with E-state index in [4.69, 9.17) is 0 Å². The molecule has 0 saturated heterocycles. The molecule has 0 N–H and O–H groups in total. The van der Waals surface area contributed by atoms with Gasteiger partial charge in [0.05, 0.1) is 12.9 Å². The first-order valence-corrected chi connectivity index (χ1v) is 4.75. The largest absolute Gasteiger partial charge is 0.361 e. The van der Waals surface area contributed by atoms with Crippen LogP contribution >= 0.6 is 0 Å². The molecule has 70 valence electrons. The zero-order valence-electron chi connectivity index (χ0n) is 8.16. The summed E-state index contributed by atoms with van der Waals surface area (Å²) in [5.41, 5.74) is 0. The van der Waals surface area contributed by atoms with Crippen molar-refractivity contribution >= 4 is 6.34 Å². The van der Waals surface area contributed by atoms with Crippen LogP contribution in [0, 0.1) is 0 Å². The quantitative estimate of drug-likeness (QED) is 0.602. The van der Waals surface area contributed by atoms with E-state index in [1.165, 1.54) is 13.0 Å². The molecule has 0 atom stereocenters. The molecule has 0 aliphatic carbocycles. The van der Waals surface area contributed by atoms with E-state index >= 15 is 0 Å². The van der Waals surface area contributed by atoms with Crippen molar-refractivity contribution in [3.05, 3.63) is 0 Å². The number of aliphatic imine (C=N–C) groups is 1. The molecule has 1 heterocycles. The van der Waals surface area contributed by atoms with Gasteiger partial charge in [0, 0.05) is 13.1 Å². The van der Waals surface area contributed by atoms with Crippen molar-refractivity contribution in [3.8, 4) is 0 Å². The molecule has 0 unspecified atom stereocenters. The summed E-state index contributed by atoms with van der Waals surface area (Å²) >= 11 is 0. The third-order valence-electron chi connectivity index (χ3n) is 2.29. The third kappa shape index (κ3) is 3.22. The van der Waals surface area contributed by atoms with Gasteiger partial charge in [-0.15, -0.1) is 0 Å². The van der Waals surface area contributed by atoms with Crippen LogP contribution in [-0.4, -0.2) is 55.9 Å². The highest BCUT2D eigenvalue weighted by Crippen LogP contribution is 1.95. The maximum Gasteiger partial charge on any atom is 0.0851 e. The van der Waals surface area contributed by atoms with Gasteiger partial charge in [-0.25, -0.2) is 0 Å². The van der Waals surface area contributed by atoms with Gasteiger partial charge in [-0.1, -0.05) is 6.92 Å². The van der Waals surface area contributed by atoms with Crippen LogP contribution in [0.25, 0.3) is 0 Å². The van der Waals surface area contributed by atoms with Crippen LogP contribution in [0.4, 0.5) is 0 Å². The highest BCUT2D eigenvalue weighted by Gasteiger charge is 2.04. The first-order chi connectivity index (χ1) is 5.83. The monoisotopic (exact) mass is 169 g/mol. The number of hydrogen-bond acceptors (Lipinski definition) is 3. The highest BCUT2D eigenvalue weighted by atomic mass is 15.2. The van der Waals surface area contributed by atoms with Gasteiger partial charge < -0.3 is 9.80 Å². The first-order valence-electron chi connectivity index (χ1n) is 4.75. The second kappa shape index (κ2) is 5.14. The number of rotatable bonds is 5. The molecule has 0 saturated carbocycles. The summed E-state index contributed by atoms with van der Waals surface area (Å²) in [6.07, 6.45) is 3.22. The molecular formula is C9H19N3. The summed E-state index contributed by atoms with van der Waals surface area (Å²) in [5.74, 6) is 0. The zero-order valence-corrected chi connectivity index (χ0v) is 8.16. The molecule has 0 amide bonds. The van der Waals surface area contributed by atoms with E-state index in [2.05, 4.69) is 28.8 Å². The van der Waals surface area contributed by atoms with E-state index in [1.54, 1.807) is 0 Å². The smallest absolute Gasteiger partial charge is 0.0851 e. The predicted octanol–water partition coefficient (Wildman–Crippen LogP) is 0.672. The summed E-state index contributed by atoms with van der Waals surface area (Å²) < 4.78 is 0. The van der Waals surface area contributed by atoms with Crippen molar-refractivity contribution in [2.45, 2.75) is 13.3 Å². The van der Waals surface area contributed by atoms with Crippen molar-refractivity contribution in [2.24, 2.45) is 4.99 Å². The minimum atomic E-state index is 0.990. The van der Waals surface area contributed by atoms with Gasteiger partial charge in [-0.3, -0.25) is 4.99 Å². The molecule has 1 rings (SSSR count). The number of nitrogens with zero attached hydrogens (tertiary/aromatic N) is 3. The Hall–Kier alpha value is -0.570. The minimum Gasteiger partial charge on any atom is -0.361 e. The lowest BCUT2D eigenvalue weighted by Gasteiger charge is -2.17. The predicted molar refractivity (Wildman–Crippen MR) is 52.7 cm³/mol. The van der Waals surface area contributed by atoms with Gasteiger partial charge in [0.15, 0.2) is 0 Å². The van der Waals surface area contributed by atoms with Gasteiger partial charge >= 0.3 is 0 Å². The normalized spacial score (nSPS) is 16.4. The number of hydrogen-bond donors (Lipinski definition) is 0. The van der Waals surface area contributed by atoms with E-state index in [9.17, 15) is 0 Å². The molecule has 1 aliphatic heterocycles. The lowest BCUT2D eigenvalue weighted by molar-refractivity contribution is 0.325. The van der Waals surface area contributed by atoms with Gasteiger partial charge in [-0.2, -0.15) is 0 Å². The Balaban J connectivity index is 1.98. The van der Waals surface area contributed by atoms with Gasteiger partial charge in [0.1, 0.15) is 0 Å². The summed E-state index contributed by atoms with van der Waals surface area (Å²) in [7, 11) is 2.16. The van der Waals surface area contributed by atoms with E-state index in [-0.39, 0.29) is 0 Å². The Bertz CT molecular complexity index is 145. The minimum absolute atomic E-state index is 0.990. The molecule has 0 bridgehead atoms. The standard InChI is InChI=1S/C9H19N3/c1-3-11(2)6-4-7-12-8-5-10-9-12/h9H,3-8H2,1-2H3. The highest BCUT2D eigenvalue weighted by molar-refractivity contribution is 5.56. The maximum atomic E-state index is 4.17. The maximum absolute atomic E-state index is 4.17. The van der Waals surface area contributed by atoms with E-state index in [0.717, 1.165) is 26.2 Å². The average Bonchev–Trinajstić information content (AvgIpc) is 2.57. The Kier molecular flexibility index (Phi) is 4.08. The van der Waals surface area contributed by atoms with Crippen LogP contribution in [0.3, 0.4) is 0 Å². The molecule has 3 heteroatoms. The lowest BCUT2D eigenvalue weighted by Crippen LogP contribution is -2.26. The second-order valence-electron chi connectivity index (χ2n) is 3.31. The van der Waals surface area contributed by atoms with Crippen molar-refractivity contribution in [1.82, 2.24) is 9.80 Å². The molecule has 12 heavy (non-hydrogen) atoms. The zero-order chi connectivity index (χ0) is 8.81. The molecular weight excluding hydrogens is 150 g/mol. The fourth-order valence-electron chi connectivity index (χ4n) is 1.29. The summed E-state index contributed by atoms with van der Waals surface area (Å²) in [5, 5.41) is 0. The van der Waals surface area contributed by atoms with Gasteiger partial charge in [-0.05, 0) is 26.6 Å². The Labute approximate surface area is 75.1 Å². The van der Waals surface area contributed by atoms with Crippen molar-refractivity contribution < 1.29 is 0 Å². The third-order valence-corrected chi connectivity index (χ3v) is 2.29. The summed E-state index contributed by atoms with van der Waals surface area (Å²) in [6, 6.07) is 0. The Morgan fingerprint density at radius 2 is 2.42 bits per heavy atom. The summed E-state index contributed by atoms with van der Waals surface area (Å²) in [4.78, 5) is 8.81. The fraction of sp³-hybridized carbons (Fsp3) is 0.889. The molecule has 3 nitrogen and oxygen atoms in total. The Morgan fingerprint density at radius 1 is 1.58 bits per heavy atom. The van der Waals surface area contributed by atoms with Crippen LogP contribution in [0.5, 0.6) is 0 Å². The van der Waals surface area contributed by atoms with E-state index < -0.39 is 0 Å². The van der Waals surface area contributed by atoms with Crippen molar-refractivity contribution in [2.75, 3.05) is 39.8 Å². The van der Waals surface area contributed by atoms with Crippen LogP contribution in [0.2, 0.25) is 0 Å². The Morgan fingerprint density at radius 3 is 3.00 bits per heavy atom. The molecule has 1 aliphatic rings. The molecule has 0 aromatic carbocycles. The van der Waals surface area contributed by atoms with Crippen LogP contribution in [-0.2, 0) is 0 Å². The van der Waals surface area contributed by atoms with Gasteiger partial charge in [0.2, 0.25) is 0 Å². The fourth-order valence-corrected chi connectivity index (χ4v) is 1.29. The van der Waals surface area contributed by atoms with Crippen molar-refractivity contribution in [3.63, 3.8) is 0 Å². The molecule has 0 radical (unpaired) electrons. The SMILES string of the molecule is CCN(C)CCCN1C=NCC1. The second-order valence-corrected chi connectivity index (χ2v) is 3.31. The van der Waals surface area contributed by atoms with Crippen molar-refractivity contribution in [1.29, 1.82) is 0 Å². The van der Waals surface area contributed by atoms with Crippen LogP contribution in [0.15, 0.2) is 4.99 Å². The summed E-state index contributed by atoms with van der Waals surface area (Å²) in [6.45, 7) is 7.81. The lowest BCUT2D eigenvalue weighted by atomic mass is 10.3. The van der Waals surface area contributed by atoms with Gasteiger partial charge in [0.25, 0.3) is 0 Å². The van der Waals surface area contributed by atoms with Crippen LogP contribution in [0.1, 0.15) is 13.3 Å². The molecule has 0 fully saturated rings. The average molecular weight is 169 g/mol. The molecule has 0 aromatic rings. The molecule has 0 aromatic heterocycles. The molecule has 0 spiro atoms. The van der Waals surface area contributed by atoms with Crippen LogP contribution < -0.4 is 0 Å².